The van der Waals surface area contributed by atoms with Crippen molar-refractivity contribution in [3.63, 3.8) is 0 Å². The van der Waals surface area contributed by atoms with Gasteiger partial charge in [-0.25, -0.2) is 0 Å². The van der Waals surface area contributed by atoms with E-state index in [0.29, 0.717) is 5.56 Å². The van der Waals surface area contributed by atoms with Gasteiger partial charge in [0.25, 0.3) is 0 Å². The molecule has 0 heterocycles. The van der Waals surface area contributed by atoms with E-state index in [9.17, 15) is 9.59 Å². The van der Waals surface area contributed by atoms with Crippen molar-refractivity contribution in [3.8, 4) is 0 Å². The second kappa shape index (κ2) is 5.65. The van der Waals surface area contributed by atoms with Crippen molar-refractivity contribution in [2.75, 3.05) is 14.2 Å². The number of methoxy groups -OCH3 is 2. The van der Waals surface area contributed by atoms with E-state index < -0.39 is 17.9 Å². The number of ether oxygens (including phenoxy) is 2. The highest BCUT2D eigenvalue weighted by atomic mass is 79.9. The molecular weight excluding hydrogens is 276 g/mol. The summed E-state index contributed by atoms with van der Waals surface area (Å²) in [4.78, 5) is 22.9. The van der Waals surface area contributed by atoms with Gasteiger partial charge in [-0.3, -0.25) is 9.59 Å². The molecule has 0 saturated heterocycles. The van der Waals surface area contributed by atoms with Crippen LogP contribution in [0.3, 0.4) is 0 Å². The van der Waals surface area contributed by atoms with Gasteiger partial charge < -0.3 is 9.47 Å². The third kappa shape index (κ3) is 2.82. The van der Waals surface area contributed by atoms with Gasteiger partial charge in [-0.05, 0) is 17.7 Å². The molecule has 0 aliphatic carbocycles. The van der Waals surface area contributed by atoms with Gasteiger partial charge in [-0.15, -0.1) is 0 Å². The molecular formula is C11H11BrO4. The summed E-state index contributed by atoms with van der Waals surface area (Å²) in [5, 5.41) is 0. The number of carbonyl (C=O) groups is 2. The van der Waals surface area contributed by atoms with Gasteiger partial charge >= 0.3 is 11.9 Å². The van der Waals surface area contributed by atoms with Crippen molar-refractivity contribution in [2.45, 2.75) is 5.92 Å². The molecule has 1 aromatic carbocycles. The molecule has 16 heavy (non-hydrogen) atoms. The van der Waals surface area contributed by atoms with E-state index in [1.807, 2.05) is 0 Å². The fourth-order valence-corrected chi connectivity index (χ4v) is 1.52. The highest BCUT2D eigenvalue weighted by Crippen LogP contribution is 2.21. The van der Waals surface area contributed by atoms with E-state index in [1.54, 1.807) is 24.3 Å². The first kappa shape index (κ1) is 12.7. The minimum Gasteiger partial charge on any atom is -0.468 e. The molecule has 0 aromatic heterocycles. The monoisotopic (exact) mass is 286 g/mol. The average Bonchev–Trinajstić information content (AvgIpc) is 2.31. The SMILES string of the molecule is COC(=O)C(C(=O)OC)c1ccc(Br)cc1. The number of hydrogen-bond acceptors (Lipinski definition) is 4. The molecule has 0 aliphatic heterocycles. The topological polar surface area (TPSA) is 52.6 Å². The van der Waals surface area contributed by atoms with Crippen LogP contribution in [-0.4, -0.2) is 26.2 Å². The van der Waals surface area contributed by atoms with E-state index in [0.717, 1.165) is 4.47 Å². The third-order valence-electron chi connectivity index (χ3n) is 2.08. The number of carbonyl (C=O) groups excluding carboxylic acids is 2. The van der Waals surface area contributed by atoms with Crippen molar-refractivity contribution < 1.29 is 19.1 Å². The molecule has 1 rings (SSSR count). The van der Waals surface area contributed by atoms with Crippen LogP contribution < -0.4 is 0 Å². The fourth-order valence-electron chi connectivity index (χ4n) is 1.26. The summed E-state index contributed by atoms with van der Waals surface area (Å²) in [6.45, 7) is 0. The predicted octanol–water partition coefficient (Wildman–Crippen LogP) is 1.88. The Morgan fingerprint density at radius 1 is 1.06 bits per heavy atom. The minimum atomic E-state index is -1.02. The molecule has 0 atom stereocenters. The van der Waals surface area contributed by atoms with Crippen LogP contribution in [0.25, 0.3) is 0 Å². The Balaban J connectivity index is 3.06. The van der Waals surface area contributed by atoms with Gasteiger partial charge in [0.05, 0.1) is 14.2 Å². The maximum Gasteiger partial charge on any atom is 0.324 e. The van der Waals surface area contributed by atoms with Crippen LogP contribution in [0.5, 0.6) is 0 Å². The first-order valence-corrected chi connectivity index (χ1v) is 5.30. The predicted molar refractivity (Wildman–Crippen MR) is 60.9 cm³/mol. The van der Waals surface area contributed by atoms with E-state index in [2.05, 4.69) is 25.4 Å². The van der Waals surface area contributed by atoms with Gasteiger partial charge in [0.15, 0.2) is 5.92 Å². The molecule has 86 valence electrons. The summed E-state index contributed by atoms with van der Waals surface area (Å²) in [7, 11) is 2.47. The van der Waals surface area contributed by atoms with Crippen LogP contribution >= 0.6 is 15.9 Å². The van der Waals surface area contributed by atoms with Gasteiger partial charge in [0, 0.05) is 4.47 Å². The Morgan fingerprint density at radius 2 is 1.50 bits per heavy atom. The average molecular weight is 287 g/mol. The van der Waals surface area contributed by atoms with Crippen LogP contribution in [0.4, 0.5) is 0 Å². The summed E-state index contributed by atoms with van der Waals surface area (Å²) in [5.41, 5.74) is 0.543. The lowest BCUT2D eigenvalue weighted by molar-refractivity contribution is -0.154. The third-order valence-corrected chi connectivity index (χ3v) is 2.61. The van der Waals surface area contributed by atoms with Gasteiger partial charge in [0.2, 0.25) is 0 Å². The fraction of sp³-hybridized carbons (Fsp3) is 0.273. The van der Waals surface area contributed by atoms with E-state index in [1.165, 1.54) is 14.2 Å². The van der Waals surface area contributed by atoms with E-state index in [4.69, 9.17) is 0 Å². The number of esters is 2. The molecule has 0 bridgehead atoms. The number of benzene rings is 1. The molecule has 0 unspecified atom stereocenters. The second-order valence-electron chi connectivity index (χ2n) is 3.03. The lowest BCUT2D eigenvalue weighted by Gasteiger charge is -2.12. The van der Waals surface area contributed by atoms with Gasteiger partial charge in [0.1, 0.15) is 0 Å². The standard InChI is InChI=1S/C11H11BrO4/c1-15-10(13)9(11(14)16-2)7-3-5-8(12)6-4-7/h3-6,9H,1-2H3. The van der Waals surface area contributed by atoms with Crippen molar-refractivity contribution in [3.05, 3.63) is 34.3 Å². The molecule has 0 amide bonds. The maximum absolute atomic E-state index is 11.5. The van der Waals surface area contributed by atoms with Gasteiger partial charge in [-0.1, -0.05) is 28.1 Å². The zero-order valence-corrected chi connectivity index (χ0v) is 10.5. The van der Waals surface area contributed by atoms with E-state index >= 15 is 0 Å². The van der Waals surface area contributed by atoms with Crippen LogP contribution in [0, 0.1) is 0 Å². The zero-order chi connectivity index (χ0) is 12.1. The quantitative estimate of drug-likeness (QED) is 0.629. The van der Waals surface area contributed by atoms with Crippen molar-refractivity contribution in [1.82, 2.24) is 0 Å². The summed E-state index contributed by atoms with van der Waals surface area (Å²) >= 11 is 3.27. The summed E-state index contributed by atoms with van der Waals surface area (Å²) in [6, 6.07) is 6.83. The summed E-state index contributed by atoms with van der Waals surface area (Å²) < 4.78 is 10.0. The lowest BCUT2D eigenvalue weighted by atomic mass is 10.00. The molecule has 0 spiro atoms. The molecule has 4 nitrogen and oxygen atoms in total. The molecule has 0 N–H and O–H groups in total. The second-order valence-corrected chi connectivity index (χ2v) is 3.95. The molecule has 0 fully saturated rings. The van der Waals surface area contributed by atoms with Crippen molar-refractivity contribution in [1.29, 1.82) is 0 Å². The highest BCUT2D eigenvalue weighted by Gasteiger charge is 2.30. The van der Waals surface area contributed by atoms with Crippen molar-refractivity contribution >= 4 is 27.9 Å². The molecule has 0 saturated carbocycles. The molecule has 5 heteroatoms. The van der Waals surface area contributed by atoms with Crippen LogP contribution in [0.1, 0.15) is 11.5 Å². The minimum absolute atomic E-state index is 0.543. The Morgan fingerprint density at radius 3 is 1.88 bits per heavy atom. The van der Waals surface area contributed by atoms with E-state index in [-0.39, 0.29) is 0 Å². The van der Waals surface area contributed by atoms with Crippen LogP contribution in [0.2, 0.25) is 0 Å². The summed E-state index contributed by atoms with van der Waals surface area (Å²) in [5.74, 6) is -2.29. The Hall–Kier alpha value is -1.36. The first-order valence-electron chi connectivity index (χ1n) is 4.51. The van der Waals surface area contributed by atoms with Crippen LogP contribution in [-0.2, 0) is 19.1 Å². The van der Waals surface area contributed by atoms with Crippen LogP contribution in [0.15, 0.2) is 28.7 Å². The maximum atomic E-state index is 11.5. The number of halogens is 1. The Bertz CT molecular complexity index is 369. The molecule has 0 aliphatic rings. The lowest BCUT2D eigenvalue weighted by Crippen LogP contribution is -2.24. The smallest absolute Gasteiger partial charge is 0.324 e. The normalized spacial score (nSPS) is 10.0. The molecule has 1 aromatic rings. The zero-order valence-electron chi connectivity index (χ0n) is 8.90. The highest BCUT2D eigenvalue weighted by molar-refractivity contribution is 9.10. The Kier molecular flexibility index (Phi) is 4.49. The molecule has 0 radical (unpaired) electrons. The Labute approximate surface area is 102 Å². The largest absolute Gasteiger partial charge is 0.468 e. The summed E-state index contributed by atoms with van der Waals surface area (Å²) in [6.07, 6.45) is 0. The number of hydrogen-bond donors (Lipinski definition) is 0. The van der Waals surface area contributed by atoms with Crippen molar-refractivity contribution in [2.24, 2.45) is 0 Å². The first-order chi connectivity index (χ1) is 7.60. The number of rotatable bonds is 3. The van der Waals surface area contributed by atoms with Gasteiger partial charge in [-0.2, -0.15) is 0 Å².